The van der Waals surface area contributed by atoms with Gasteiger partial charge in [-0.2, -0.15) is 0 Å². The largest absolute Gasteiger partial charge is 0.388 e. The topological polar surface area (TPSA) is 35.5 Å². The summed E-state index contributed by atoms with van der Waals surface area (Å²) < 4.78 is 1.13. The summed E-state index contributed by atoms with van der Waals surface area (Å²) in [6.07, 6.45) is 1.93. The molecule has 1 heterocycles. The first-order valence-corrected chi connectivity index (χ1v) is 8.16. The number of nitrogens with zero attached hydrogens (tertiary/aromatic N) is 1. The van der Waals surface area contributed by atoms with Crippen LogP contribution in [0.2, 0.25) is 0 Å². The molecule has 2 N–H and O–H groups in total. The first-order valence-electron chi connectivity index (χ1n) is 7.36. The summed E-state index contributed by atoms with van der Waals surface area (Å²) in [7, 11) is 0. The van der Waals surface area contributed by atoms with Crippen molar-refractivity contribution in [2.75, 3.05) is 18.0 Å². The molecule has 1 aromatic rings. The van der Waals surface area contributed by atoms with Crippen molar-refractivity contribution in [3.8, 4) is 0 Å². The number of nitrogens with one attached hydrogen (secondary N) is 1. The Bertz CT molecular complexity index is 460. The third-order valence-corrected chi connectivity index (χ3v) is 4.52. The summed E-state index contributed by atoms with van der Waals surface area (Å²) in [5.74, 6) is 0. The Morgan fingerprint density at radius 2 is 2.20 bits per heavy atom. The van der Waals surface area contributed by atoms with E-state index in [1.54, 1.807) is 0 Å². The monoisotopic (exact) mass is 340 g/mol. The fourth-order valence-electron chi connectivity index (χ4n) is 2.63. The van der Waals surface area contributed by atoms with Crippen LogP contribution in [0.25, 0.3) is 0 Å². The molecule has 0 aliphatic carbocycles. The Labute approximate surface area is 130 Å². The van der Waals surface area contributed by atoms with Crippen LogP contribution in [0, 0.1) is 0 Å². The molecule has 1 aliphatic rings. The number of benzene rings is 1. The number of rotatable bonds is 4. The fraction of sp³-hybridized carbons (Fsp3) is 0.625. The summed E-state index contributed by atoms with van der Waals surface area (Å²) >= 11 is 3.66. The number of aliphatic hydroxyl groups is 1. The molecule has 1 aliphatic heterocycles. The first-order chi connectivity index (χ1) is 9.37. The normalized spacial score (nSPS) is 23.4. The molecule has 1 aromatic carbocycles. The number of piperidine rings is 1. The lowest BCUT2D eigenvalue weighted by molar-refractivity contribution is 0.0449. The molecule has 0 saturated carbocycles. The molecular formula is C16H25BrN2O. The SMILES string of the molecule is CC(C)NCc1ccc(N2CCCC(C)(O)C2)cc1Br. The Hall–Kier alpha value is -0.580. The molecule has 0 aromatic heterocycles. The molecule has 1 unspecified atom stereocenters. The molecule has 4 heteroatoms. The van der Waals surface area contributed by atoms with Crippen LogP contribution in [-0.4, -0.2) is 29.8 Å². The lowest BCUT2D eigenvalue weighted by atomic mass is 9.94. The summed E-state index contributed by atoms with van der Waals surface area (Å²) in [5.41, 5.74) is 1.89. The maximum absolute atomic E-state index is 10.2. The number of β-amino-alcohol motifs (C(OH)–C–C–N with tert-alkyl or cyclic N) is 1. The smallest absolute Gasteiger partial charge is 0.0794 e. The van der Waals surface area contributed by atoms with Crippen LogP contribution in [0.5, 0.6) is 0 Å². The van der Waals surface area contributed by atoms with Gasteiger partial charge < -0.3 is 15.3 Å². The van der Waals surface area contributed by atoms with Gasteiger partial charge in [0.25, 0.3) is 0 Å². The molecule has 2 rings (SSSR count). The van der Waals surface area contributed by atoms with Gasteiger partial charge >= 0.3 is 0 Å². The molecular weight excluding hydrogens is 316 g/mol. The molecule has 20 heavy (non-hydrogen) atoms. The zero-order valence-electron chi connectivity index (χ0n) is 12.6. The predicted octanol–water partition coefficient (Wildman–Crippen LogP) is 3.30. The second-order valence-electron chi connectivity index (χ2n) is 6.33. The highest BCUT2D eigenvalue weighted by atomic mass is 79.9. The highest BCUT2D eigenvalue weighted by Gasteiger charge is 2.28. The number of anilines is 1. The maximum atomic E-state index is 10.2. The van der Waals surface area contributed by atoms with Gasteiger partial charge in [-0.3, -0.25) is 0 Å². The minimum Gasteiger partial charge on any atom is -0.388 e. The van der Waals surface area contributed by atoms with Crippen molar-refractivity contribution in [1.29, 1.82) is 0 Å². The lowest BCUT2D eigenvalue weighted by Crippen LogP contribution is -2.46. The van der Waals surface area contributed by atoms with Crippen molar-refractivity contribution < 1.29 is 5.11 Å². The average molecular weight is 341 g/mol. The van der Waals surface area contributed by atoms with Crippen LogP contribution in [-0.2, 0) is 6.54 Å². The maximum Gasteiger partial charge on any atom is 0.0794 e. The van der Waals surface area contributed by atoms with Crippen molar-refractivity contribution in [3.63, 3.8) is 0 Å². The number of hydrogen-bond acceptors (Lipinski definition) is 3. The summed E-state index contributed by atoms with van der Waals surface area (Å²) in [5, 5.41) is 13.6. The first kappa shape index (κ1) is 15.8. The van der Waals surface area contributed by atoms with Crippen LogP contribution < -0.4 is 10.2 Å². The van der Waals surface area contributed by atoms with E-state index in [1.807, 2.05) is 6.92 Å². The Kier molecular flexibility index (Phi) is 5.10. The summed E-state index contributed by atoms with van der Waals surface area (Å²) in [6, 6.07) is 6.97. The molecule has 0 bridgehead atoms. The van der Waals surface area contributed by atoms with Crippen LogP contribution in [0.15, 0.2) is 22.7 Å². The van der Waals surface area contributed by atoms with Gasteiger partial charge in [-0.15, -0.1) is 0 Å². The Morgan fingerprint density at radius 1 is 1.45 bits per heavy atom. The van der Waals surface area contributed by atoms with Crippen LogP contribution in [0.1, 0.15) is 39.2 Å². The third-order valence-electron chi connectivity index (χ3n) is 3.78. The molecule has 1 atom stereocenters. The van der Waals surface area contributed by atoms with Gasteiger partial charge in [0, 0.05) is 35.8 Å². The number of hydrogen-bond donors (Lipinski definition) is 2. The van der Waals surface area contributed by atoms with Gasteiger partial charge in [0.1, 0.15) is 0 Å². The van der Waals surface area contributed by atoms with Gasteiger partial charge in [-0.05, 0) is 37.5 Å². The zero-order valence-corrected chi connectivity index (χ0v) is 14.2. The minimum absolute atomic E-state index is 0.485. The van der Waals surface area contributed by atoms with Gasteiger partial charge in [0.05, 0.1) is 5.60 Å². The Balaban J connectivity index is 2.08. The summed E-state index contributed by atoms with van der Waals surface area (Å²) in [4.78, 5) is 2.27. The van der Waals surface area contributed by atoms with Crippen LogP contribution in [0.4, 0.5) is 5.69 Å². The predicted molar refractivity (Wildman–Crippen MR) is 88.2 cm³/mol. The second-order valence-corrected chi connectivity index (χ2v) is 7.19. The molecule has 0 radical (unpaired) electrons. The highest BCUT2D eigenvalue weighted by Crippen LogP contribution is 2.29. The van der Waals surface area contributed by atoms with E-state index < -0.39 is 5.60 Å². The standard InChI is InChI=1S/C16H25BrN2O/c1-12(2)18-10-13-5-6-14(9-15(13)17)19-8-4-7-16(3,20)11-19/h5-6,9,12,18,20H,4,7-8,10-11H2,1-3H3. The van der Waals surface area contributed by atoms with Crippen molar-refractivity contribution in [3.05, 3.63) is 28.2 Å². The highest BCUT2D eigenvalue weighted by molar-refractivity contribution is 9.10. The molecule has 0 amide bonds. The van der Waals surface area contributed by atoms with Crippen molar-refractivity contribution >= 4 is 21.6 Å². The molecule has 1 fully saturated rings. The van der Waals surface area contributed by atoms with E-state index in [9.17, 15) is 5.11 Å². The van der Waals surface area contributed by atoms with Gasteiger partial charge in [0.15, 0.2) is 0 Å². The quantitative estimate of drug-likeness (QED) is 0.882. The molecule has 3 nitrogen and oxygen atoms in total. The van der Waals surface area contributed by atoms with E-state index in [2.05, 4.69) is 58.2 Å². The molecule has 1 saturated heterocycles. The van der Waals surface area contributed by atoms with E-state index in [1.165, 1.54) is 11.3 Å². The molecule has 0 spiro atoms. The van der Waals surface area contributed by atoms with Crippen molar-refractivity contribution in [2.45, 2.75) is 51.8 Å². The van der Waals surface area contributed by atoms with E-state index in [-0.39, 0.29) is 0 Å². The van der Waals surface area contributed by atoms with Crippen LogP contribution >= 0.6 is 15.9 Å². The van der Waals surface area contributed by atoms with E-state index >= 15 is 0 Å². The van der Waals surface area contributed by atoms with Crippen molar-refractivity contribution in [2.24, 2.45) is 0 Å². The zero-order chi connectivity index (χ0) is 14.8. The van der Waals surface area contributed by atoms with Gasteiger partial charge in [-0.25, -0.2) is 0 Å². The molecule has 112 valence electrons. The van der Waals surface area contributed by atoms with Crippen LogP contribution in [0.3, 0.4) is 0 Å². The van der Waals surface area contributed by atoms with Gasteiger partial charge in [0.2, 0.25) is 0 Å². The second kappa shape index (κ2) is 6.46. The van der Waals surface area contributed by atoms with E-state index in [4.69, 9.17) is 0 Å². The van der Waals surface area contributed by atoms with Gasteiger partial charge in [-0.1, -0.05) is 35.8 Å². The van der Waals surface area contributed by atoms with E-state index in [0.29, 0.717) is 12.6 Å². The lowest BCUT2D eigenvalue weighted by Gasteiger charge is -2.38. The average Bonchev–Trinajstić information content (AvgIpc) is 2.36. The third kappa shape index (κ3) is 4.21. The Morgan fingerprint density at radius 3 is 2.80 bits per heavy atom. The van der Waals surface area contributed by atoms with E-state index in [0.717, 1.165) is 30.4 Å². The van der Waals surface area contributed by atoms with Crippen molar-refractivity contribution in [1.82, 2.24) is 5.32 Å². The minimum atomic E-state index is -0.567. The fourth-order valence-corrected chi connectivity index (χ4v) is 3.14. The summed E-state index contributed by atoms with van der Waals surface area (Å²) in [6.45, 7) is 8.83. The number of halogens is 1.